The number of nitrogens with zero attached hydrogens (tertiary/aromatic N) is 2. The maximum Gasteiger partial charge on any atom is 0.128 e. The molecule has 0 N–H and O–H groups in total. The highest BCUT2D eigenvalue weighted by molar-refractivity contribution is 6.20. The predicted octanol–water partition coefficient (Wildman–Crippen LogP) is 5.36. The van der Waals surface area contributed by atoms with Crippen LogP contribution in [-0.2, 0) is 6.54 Å². The number of benzene rings is 1. The van der Waals surface area contributed by atoms with E-state index in [2.05, 4.69) is 16.5 Å². The van der Waals surface area contributed by atoms with Gasteiger partial charge in [-0.25, -0.2) is 9.37 Å². The van der Waals surface area contributed by atoms with Gasteiger partial charge in [0, 0.05) is 12.6 Å². The van der Waals surface area contributed by atoms with Crippen molar-refractivity contribution in [3.05, 3.63) is 29.3 Å². The Balaban J connectivity index is 2.13. The lowest BCUT2D eigenvalue weighted by Crippen LogP contribution is -2.34. The number of aromatic nitrogens is 2. The third-order valence-corrected chi connectivity index (χ3v) is 5.27. The van der Waals surface area contributed by atoms with Gasteiger partial charge in [0.2, 0.25) is 0 Å². The van der Waals surface area contributed by atoms with Gasteiger partial charge in [-0.1, -0.05) is 13.3 Å². The van der Waals surface area contributed by atoms with Crippen LogP contribution < -0.4 is 0 Å². The van der Waals surface area contributed by atoms with Crippen LogP contribution >= 0.6 is 11.6 Å². The molecule has 1 aliphatic carbocycles. The average Bonchev–Trinajstić information content (AvgIpc) is 2.73. The first kappa shape index (κ1) is 14.8. The van der Waals surface area contributed by atoms with Gasteiger partial charge in [-0.3, -0.25) is 0 Å². The lowest BCUT2D eigenvalue weighted by Gasteiger charge is -2.42. The fraction of sp³-hybridized carbons (Fsp3) is 0.588. The maximum absolute atomic E-state index is 13.8. The number of hydrogen-bond acceptors (Lipinski definition) is 1. The van der Waals surface area contributed by atoms with Crippen molar-refractivity contribution >= 4 is 22.6 Å². The van der Waals surface area contributed by atoms with Gasteiger partial charge >= 0.3 is 0 Å². The minimum Gasteiger partial charge on any atom is -0.326 e. The highest BCUT2D eigenvalue weighted by atomic mass is 35.5. The minimum atomic E-state index is -0.199. The highest BCUT2D eigenvalue weighted by Gasteiger charge is 2.36. The molecule has 3 rings (SSSR count). The van der Waals surface area contributed by atoms with E-state index in [1.54, 1.807) is 6.92 Å². The normalized spacial score (nSPS) is 18.7. The van der Waals surface area contributed by atoms with E-state index >= 15 is 0 Å². The van der Waals surface area contributed by atoms with Crippen LogP contribution in [0.2, 0.25) is 0 Å². The minimum absolute atomic E-state index is 0.172. The van der Waals surface area contributed by atoms with E-state index in [9.17, 15) is 4.39 Å². The number of hydrogen-bond donors (Lipinski definition) is 0. The molecule has 1 aliphatic rings. The molecule has 4 heteroatoms. The zero-order valence-corrected chi connectivity index (χ0v) is 13.7. The summed E-state index contributed by atoms with van der Waals surface area (Å²) >= 11 is 6.32. The van der Waals surface area contributed by atoms with Crippen molar-refractivity contribution in [3.63, 3.8) is 0 Å². The summed E-state index contributed by atoms with van der Waals surface area (Å²) in [5.74, 6) is 0.658. The van der Waals surface area contributed by atoms with E-state index in [4.69, 9.17) is 11.6 Å². The largest absolute Gasteiger partial charge is 0.326 e. The Kier molecular flexibility index (Phi) is 3.73. The molecule has 0 bridgehead atoms. The molecule has 2 aromatic rings. The summed E-state index contributed by atoms with van der Waals surface area (Å²) in [4.78, 5) is 4.58. The van der Waals surface area contributed by atoms with Gasteiger partial charge in [0.1, 0.15) is 11.6 Å². The van der Waals surface area contributed by atoms with E-state index in [0.29, 0.717) is 16.5 Å². The van der Waals surface area contributed by atoms with E-state index in [1.807, 2.05) is 13.0 Å². The van der Waals surface area contributed by atoms with Crippen molar-refractivity contribution in [3.8, 4) is 0 Å². The summed E-state index contributed by atoms with van der Waals surface area (Å²) in [7, 11) is 0. The zero-order valence-electron chi connectivity index (χ0n) is 12.9. The lowest BCUT2D eigenvalue weighted by atomic mass is 9.67. The van der Waals surface area contributed by atoms with E-state index in [1.165, 1.54) is 31.7 Å². The SMILES string of the molecule is CCC1(Cn2c(C(C)Cl)nc3cc(F)c(C)cc32)CCC1. The van der Waals surface area contributed by atoms with Gasteiger partial charge in [-0.05, 0) is 50.2 Å². The van der Waals surface area contributed by atoms with Crippen LogP contribution in [0.5, 0.6) is 0 Å². The van der Waals surface area contributed by atoms with Gasteiger partial charge in [0.05, 0.1) is 16.4 Å². The second kappa shape index (κ2) is 5.28. The first-order valence-corrected chi connectivity index (χ1v) is 8.20. The quantitative estimate of drug-likeness (QED) is 0.695. The molecule has 1 saturated carbocycles. The molecule has 1 fully saturated rings. The van der Waals surface area contributed by atoms with Crippen LogP contribution in [0, 0.1) is 18.2 Å². The fourth-order valence-corrected chi connectivity index (χ4v) is 3.54. The van der Waals surface area contributed by atoms with Crippen LogP contribution in [0.4, 0.5) is 4.39 Å². The Bertz CT molecular complexity index is 665. The van der Waals surface area contributed by atoms with Crippen LogP contribution in [-0.4, -0.2) is 9.55 Å². The summed E-state index contributed by atoms with van der Waals surface area (Å²) in [6.45, 7) is 6.93. The molecular formula is C17H22ClFN2. The molecule has 0 spiro atoms. The number of fused-ring (bicyclic) bond motifs is 1. The monoisotopic (exact) mass is 308 g/mol. The molecule has 1 aromatic heterocycles. The van der Waals surface area contributed by atoms with Crippen LogP contribution in [0.3, 0.4) is 0 Å². The number of imidazole rings is 1. The van der Waals surface area contributed by atoms with E-state index in [0.717, 1.165) is 17.9 Å². The van der Waals surface area contributed by atoms with Crippen LogP contribution in [0.1, 0.15) is 56.3 Å². The van der Waals surface area contributed by atoms with Crippen LogP contribution in [0.15, 0.2) is 12.1 Å². The molecule has 1 aromatic carbocycles. The smallest absolute Gasteiger partial charge is 0.128 e. The molecule has 21 heavy (non-hydrogen) atoms. The molecule has 0 aliphatic heterocycles. The number of aryl methyl sites for hydroxylation is 1. The van der Waals surface area contributed by atoms with Crippen molar-refractivity contribution in [2.24, 2.45) is 5.41 Å². The highest BCUT2D eigenvalue weighted by Crippen LogP contribution is 2.46. The first-order valence-electron chi connectivity index (χ1n) is 7.76. The maximum atomic E-state index is 13.8. The average molecular weight is 309 g/mol. The standard InChI is InChI=1S/C17H22ClFN2/c1-4-17(6-5-7-17)10-21-15-8-11(2)13(19)9-14(15)20-16(21)12(3)18/h8-9,12H,4-7,10H2,1-3H3. The van der Waals surface area contributed by atoms with Gasteiger partial charge in [-0.2, -0.15) is 0 Å². The number of halogens is 2. The Morgan fingerprint density at radius 3 is 2.67 bits per heavy atom. The van der Waals surface area contributed by atoms with Gasteiger partial charge in [-0.15, -0.1) is 11.6 Å². The molecular weight excluding hydrogens is 287 g/mol. The Labute approximate surface area is 130 Å². The summed E-state index contributed by atoms with van der Waals surface area (Å²) in [5.41, 5.74) is 2.76. The van der Waals surface area contributed by atoms with Crippen LogP contribution in [0.25, 0.3) is 11.0 Å². The second-order valence-electron chi connectivity index (χ2n) is 6.47. The third kappa shape index (κ3) is 2.46. The van der Waals surface area contributed by atoms with Crippen molar-refractivity contribution in [1.82, 2.24) is 9.55 Å². The summed E-state index contributed by atoms with van der Waals surface area (Å²) < 4.78 is 16.0. The molecule has 0 saturated heterocycles. The van der Waals surface area contributed by atoms with Crippen molar-refractivity contribution < 1.29 is 4.39 Å². The number of alkyl halides is 1. The van der Waals surface area contributed by atoms with E-state index < -0.39 is 0 Å². The fourth-order valence-electron chi connectivity index (χ4n) is 3.37. The predicted molar refractivity (Wildman–Crippen MR) is 85.3 cm³/mol. The Morgan fingerprint density at radius 2 is 2.14 bits per heavy atom. The molecule has 0 amide bonds. The molecule has 1 unspecified atom stereocenters. The third-order valence-electron chi connectivity index (χ3n) is 5.07. The topological polar surface area (TPSA) is 17.8 Å². The number of rotatable bonds is 4. The summed E-state index contributed by atoms with van der Waals surface area (Å²) in [6.07, 6.45) is 5.00. The first-order chi connectivity index (χ1) is 9.96. The molecule has 2 nitrogen and oxygen atoms in total. The molecule has 114 valence electrons. The molecule has 1 atom stereocenters. The lowest BCUT2D eigenvalue weighted by molar-refractivity contribution is 0.101. The molecule has 1 heterocycles. The van der Waals surface area contributed by atoms with Crippen molar-refractivity contribution in [2.75, 3.05) is 0 Å². The second-order valence-corrected chi connectivity index (χ2v) is 7.12. The summed E-state index contributed by atoms with van der Waals surface area (Å²) in [6, 6.07) is 3.44. The van der Waals surface area contributed by atoms with Crippen molar-refractivity contribution in [1.29, 1.82) is 0 Å². The Morgan fingerprint density at radius 1 is 1.43 bits per heavy atom. The van der Waals surface area contributed by atoms with Gasteiger partial charge < -0.3 is 4.57 Å². The Hall–Kier alpha value is -1.09. The molecule has 0 radical (unpaired) electrons. The van der Waals surface area contributed by atoms with Gasteiger partial charge in [0.15, 0.2) is 0 Å². The van der Waals surface area contributed by atoms with E-state index in [-0.39, 0.29) is 11.2 Å². The van der Waals surface area contributed by atoms with Gasteiger partial charge in [0.25, 0.3) is 0 Å². The summed E-state index contributed by atoms with van der Waals surface area (Å²) in [5, 5.41) is -0.172. The zero-order chi connectivity index (χ0) is 15.2. The van der Waals surface area contributed by atoms with Crippen molar-refractivity contribution in [2.45, 2.75) is 58.4 Å².